The molecule has 0 radical (unpaired) electrons. The number of rotatable bonds is 6. The van der Waals surface area contributed by atoms with E-state index in [9.17, 15) is 9.18 Å². The molecule has 1 heterocycles. The van der Waals surface area contributed by atoms with E-state index in [1.54, 1.807) is 24.3 Å². The summed E-state index contributed by atoms with van der Waals surface area (Å²) in [5.74, 6) is 0.526. The van der Waals surface area contributed by atoms with Gasteiger partial charge in [0.2, 0.25) is 5.91 Å². The van der Waals surface area contributed by atoms with Crippen LogP contribution >= 0.6 is 11.6 Å². The summed E-state index contributed by atoms with van der Waals surface area (Å²) in [5, 5.41) is 6.41. The molecular formula is C23H20ClFN2O3. The highest BCUT2D eigenvalue weighted by molar-refractivity contribution is 6.34. The summed E-state index contributed by atoms with van der Waals surface area (Å²) in [5.41, 5.74) is 2.27. The molecule has 4 rings (SSSR count). The zero-order valence-corrected chi connectivity index (χ0v) is 16.8. The molecule has 154 valence electrons. The van der Waals surface area contributed by atoms with Crippen LogP contribution in [0.1, 0.15) is 17.2 Å². The third kappa shape index (κ3) is 4.72. The van der Waals surface area contributed by atoms with Crippen molar-refractivity contribution in [2.75, 3.05) is 25.1 Å². The van der Waals surface area contributed by atoms with Crippen LogP contribution < -0.4 is 20.1 Å². The van der Waals surface area contributed by atoms with Crippen LogP contribution in [0.15, 0.2) is 66.7 Å². The van der Waals surface area contributed by atoms with Gasteiger partial charge in [-0.3, -0.25) is 10.1 Å². The van der Waals surface area contributed by atoms with Gasteiger partial charge in [0.05, 0.1) is 23.3 Å². The highest BCUT2D eigenvalue weighted by atomic mass is 35.5. The van der Waals surface area contributed by atoms with Gasteiger partial charge in [-0.1, -0.05) is 54.1 Å². The summed E-state index contributed by atoms with van der Waals surface area (Å²) < 4.78 is 24.4. The van der Waals surface area contributed by atoms with E-state index in [2.05, 4.69) is 10.6 Å². The molecule has 1 atom stereocenters. The number of ether oxygens (including phenoxy) is 2. The second kappa shape index (κ2) is 9.15. The molecule has 30 heavy (non-hydrogen) atoms. The largest absolute Gasteiger partial charge is 0.486 e. The lowest BCUT2D eigenvalue weighted by Crippen LogP contribution is -2.32. The van der Waals surface area contributed by atoms with Crippen LogP contribution in [0.25, 0.3) is 0 Å². The fraction of sp³-hybridized carbons (Fsp3) is 0.174. The van der Waals surface area contributed by atoms with E-state index in [0.717, 1.165) is 11.1 Å². The molecule has 1 aliphatic heterocycles. The van der Waals surface area contributed by atoms with Gasteiger partial charge in [-0.15, -0.1) is 0 Å². The molecule has 5 nitrogen and oxygen atoms in total. The van der Waals surface area contributed by atoms with Crippen molar-refractivity contribution in [3.05, 3.63) is 88.7 Å². The van der Waals surface area contributed by atoms with Gasteiger partial charge < -0.3 is 14.8 Å². The van der Waals surface area contributed by atoms with Crippen molar-refractivity contribution >= 4 is 23.2 Å². The van der Waals surface area contributed by atoms with Crippen LogP contribution in [0.4, 0.5) is 10.1 Å². The third-order valence-electron chi connectivity index (χ3n) is 4.71. The molecule has 0 fully saturated rings. The summed E-state index contributed by atoms with van der Waals surface area (Å²) in [6, 6.07) is 18.9. The number of fused-ring (bicyclic) bond motifs is 1. The van der Waals surface area contributed by atoms with Gasteiger partial charge in [0, 0.05) is 12.1 Å². The zero-order chi connectivity index (χ0) is 20.9. The average Bonchev–Trinajstić information content (AvgIpc) is 2.76. The number of hydrogen-bond donors (Lipinski definition) is 2. The highest BCUT2D eigenvalue weighted by Gasteiger charge is 2.18. The average molecular weight is 427 g/mol. The first-order valence-corrected chi connectivity index (χ1v) is 9.91. The Balaban J connectivity index is 1.47. The lowest BCUT2D eigenvalue weighted by Gasteiger charge is -2.21. The minimum atomic E-state index is -0.309. The third-order valence-corrected chi connectivity index (χ3v) is 5.02. The molecule has 0 spiro atoms. The number of carbonyl (C=O) groups excluding carboxylic acids is 1. The van der Waals surface area contributed by atoms with Crippen molar-refractivity contribution in [2.24, 2.45) is 0 Å². The molecular weight excluding hydrogens is 407 g/mol. The number of nitrogens with one attached hydrogen (secondary N) is 2. The monoisotopic (exact) mass is 426 g/mol. The van der Waals surface area contributed by atoms with Crippen LogP contribution in [-0.4, -0.2) is 25.7 Å². The van der Waals surface area contributed by atoms with E-state index < -0.39 is 0 Å². The predicted octanol–water partition coefficient (Wildman–Crippen LogP) is 4.57. The van der Waals surface area contributed by atoms with Crippen molar-refractivity contribution < 1.29 is 18.7 Å². The van der Waals surface area contributed by atoms with Crippen molar-refractivity contribution in [2.45, 2.75) is 6.04 Å². The second-order valence-electron chi connectivity index (χ2n) is 6.80. The van der Waals surface area contributed by atoms with Crippen LogP contribution in [-0.2, 0) is 4.79 Å². The lowest BCUT2D eigenvalue weighted by molar-refractivity contribution is -0.115. The van der Waals surface area contributed by atoms with E-state index >= 15 is 0 Å². The Morgan fingerprint density at radius 2 is 1.60 bits per heavy atom. The minimum Gasteiger partial charge on any atom is -0.486 e. The first-order chi connectivity index (χ1) is 14.6. The van der Waals surface area contributed by atoms with Crippen LogP contribution in [0.2, 0.25) is 5.02 Å². The van der Waals surface area contributed by atoms with Crippen molar-refractivity contribution in [1.29, 1.82) is 0 Å². The maximum absolute atomic E-state index is 13.4. The number of carbonyl (C=O) groups is 1. The van der Waals surface area contributed by atoms with Gasteiger partial charge in [0.15, 0.2) is 11.5 Å². The van der Waals surface area contributed by atoms with Crippen LogP contribution in [0.3, 0.4) is 0 Å². The minimum absolute atomic E-state index is 0.0295. The number of benzene rings is 3. The van der Waals surface area contributed by atoms with E-state index in [-0.39, 0.29) is 24.3 Å². The Hall–Kier alpha value is -3.09. The maximum Gasteiger partial charge on any atom is 0.238 e. The fourth-order valence-electron chi connectivity index (χ4n) is 3.28. The molecule has 0 aromatic heterocycles. The van der Waals surface area contributed by atoms with E-state index in [0.29, 0.717) is 35.4 Å². The molecule has 0 aliphatic carbocycles. The molecule has 3 aromatic carbocycles. The van der Waals surface area contributed by atoms with Gasteiger partial charge >= 0.3 is 0 Å². The van der Waals surface area contributed by atoms with Crippen molar-refractivity contribution in [3.63, 3.8) is 0 Å². The number of anilines is 1. The van der Waals surface area contributed by atoms with E-state index in [1.807, 2.05) is 30.3 Å². The number of hydrogen-bond acceptors (Lipinski definition) is 4. The van der Waals surface area contributed by atoms with Gasteiger partial charge in [0.25, 0.3) is 0 Å². The molecule has 0 saturated carbocycles. The summed E-state index contributed by atoms with van der Waals surface area (Å²) in [7, 11) is 0. The van der Waals surface area contributed by atoms with Crippen LogP contribution in [0, 0.1) is 5.82 Å². The van der Waals surface area contributed by atoms with E-state index in [1.165, 1.54) is 12.1 Å². The molecule has 3 aromatic rings. The number of amides is 1. The van der Waals surface area contributed by atoms with Gasteiger partial charge in [-0.2, -0.15) is 0 Å². The summed E-state index contributed by atoms with van der Waals surface area (Å²) >= 11 is 6.27. The van der Waals surface area contributed by atoms with Gasteiger partial charge in [-0.05, 0) is 23.3 Å². The van der Waals surface area contributed by atoms with Crippen LogP contribution in [0.5, 0.6) is 11.5 Å². The topological polar surface area (TPSA) is 59.6 Å². The SMILES string of the molecule is O=C(CNC(c1ccccc1)c1ccc(F)cc1)Nc1cc2c(cc1Cl)OCCO2. The molecule has 2 N–H and O–H groups in total. The summed E-state index contributed by atoms with van der Waals surface area (Å²) in [6.07, 6.45) is 0. The predicted molar refractivity (Wildman–Crippen MR) is 114 cm³/mol. The molecule has 1 aliphatic rings. The summed E-state index contributed by atoms with van der Waals surface area (Å²) in [6.45, 7) is 0.935. The number of halogens is 2. The first-order valence-electron chi connectivity index (χ1n) is 9.53. The standard InChI is InChI=1S/C23H20ClFN2O3/c24-18-12-20-21(30-11-10-29-20)13-19(18)27-22(28)14-26-23(15-4-2-1-3-5-15)16-6-8-17(25)9-7-16/h1-9,12-13,23,26H,10-11,14H2,(H,27,28). The first kappa shape index (κ1) is 20.2. The molecule has 7 heteroatoms. The summed E-state index contributed by atoms with van der Waals surface area (Å²) in [4.78, 5) is 12.6. The smallest absolute Gasteiger partial charge is 0.238 e. The zero-order valence-electron chi connectivity index (χ0n) is 16.0. The Morgan fingerprint density at radius 1 is 0.967 bits per heavy atom. The van der Waals surface area contributed by atoms with Gasteiger partial charge in [0.1, 0.15) is 19.0 Å². The normalized spacial score (nSPS) is 13.5. The van der Waals surface area contributed by atoms with Crippen molar-refractivity contribution in [1.82, 2.24) is 5.32 Å². The Bertz CT molecular complexity index is 1030. The Morgan fingerprint density at radius 3 is 2.30 bits per heavy atom. The fourth-order valence-corrected chi connectivity index (χ4v) is 3.48. The quantitative estimate of drug-likeness (QED) is 0.606. The van der Waals surface area contributed by atoms with Crippen molar-refractivity contribution in [3.8, 4) is 11.5 Å². The molecule has 1 unspecified atom stereocenters. The second-order valence-corrected chi connectivity index (χ2v) is 7.21. The lowest BCUT2D eigenvalue weighted by atomic mass is 9.98. The highest BCUT2D eigenvalue weighted by Crippen LogP contribution is 2.37. The van der Waals surface area contributed by atoms with Gasteiger partial charge in [-0.25, -0.2) is 4.39 Å². The molecule has 1 amide bonds. The maximum atomic E-state index is 13.4. The Kier molecular flexibility index (Phi) is 6.16. The molecule has 0 bridgehead atoms. The molecule has 0 saturated heterocycles. The van der Waals surface area contributed by atoms with E-state index in [4.69, 9.17) is 21.1 Å². The Labute approximate surface area is 178 Å².